The fourth-order valence-electron chi connectivity index (χ4n) is 7.83. The minimum absolute atomic E-state index is 0.292. The van der Waals surface area contributed by atoms with E-state index in [2.05, 4.69) is 61.8 Å². The van der Waals surface area contributed by atoms with Gasteiger partial charge in [0.05, 0.1) is 35.5 Å². The minimum Gasteiger partial charge on any atom is -0.537 e. The van der Waals surface area contributed by atoms with Gasteiger partial charge in [-0.1, -0.05) is 70.5 Å². The predicted octanol–water partition coefficient (Wildman–Crippen LogP) is 11.4. The van der Waals surface area contributed by atoms with E-state index in [1.807, 2.05) is 68.4 Å². The zero-order chi connectivity index (χ0) is 49.1. The lowest BCUT2D eigenvalue weighted by Gasteiger charge is -2.14. The Morgan fingerprint density at radius 1 is 0.559 bits per heavy atom. The van der Waals surface area contributed by atoms with Crippen molar-refractivity contribution in [2.75, 3.05) is 13.2 Å². The van der Waals surface area contributed by atoms with Crippen molar-refractivity contribution in [1.29, 1.82) is 0 Å². The van der Waals surface area contributed by atoms with Crippen molar-refractivity contribution in [2.24, 2.45) is 0 Å². The molecule has 0 saturated heterocycles. The maximum Gasteiger partial charge on any atom is 0.569 e. The van der Waals surface area contributed by atoms with Gasteiger partial charge in [-0.05, 0) is 154 Å². The number of aryl methyl sites for hydroxylation is 2. The number of esters is 2. The number of carboxylic acids is 2. The summed E-state index contributed by atoms with van der Waals surface area (Å²) in [5.41, 5.74) is 12.6. The molecule has 0 atom stereocenters. The number of hydrogen-bond donors (Lipinski definition) is 3. The van der Waals surface area contributed by atoms with E-state index in [1.165, 1.54) is 5.56 Å². The Balaban J connectivity index is 0.000000183. The second-order valence-corrected chi connectivity index (χ2v) is 16.5. The molecule has 0 spiro atoms. The van der Waals surface area contributed by atoms with Crippen LogP contribution in [0.1, 0.15) is 88.9 Å². The van der Waals surface area contributed by atoms with Crippen LogP contribution >= 0.6 is 15.9 Å². The summed E-state index contributed by atoms with van der Waals surface area (Å²) in [6, 6.07) is 40.7. The number of carbonyl (C=O) groups is 4. The van der Waals surface area contributed by atoms with Crippen molar-refractivity contribution in [3.05, 3.63) is 194 Å². The molecule has 347 valence electrons. The summed E-state index contributed by atoms with van der Waals surface area (Å²) in [4.78, 5) is 45.7. The number of aromatic carboxylic acids is 2. The van der Waals surface area contributed by atoms with Gasteiger partial charge in [0.25, 0.3) is 0 Å². The van der Waals surface area contributed by atoms with Gasteiger partial charge in [-0.2, -0.15) is 0 Å². The quantitative estimate of drug-likeness (QED) is 0.0747. The monoisotopic (exact) mass is 977 g/mol. The van der Waals surface area contributed by atoms with Gasteiger partial charge < -0.3 is 38.5 Å². The normalized spacial score (nSPS) is 10.6. The molecule has 0 aliphatic carbocycles. The number of carboxylic acid groups (broad SMARTS) is 2. The lowest BCUT2D eigenvalue weighted by atomic mass is 9.98. The van der Waals surface area contributed by atoms with Crippen LogP contribution in [-0.2, 0) is 22.6 Å². The van der Waals surface area contributed by atoms with E-state index in [1.54, 1.807) is 74.5 Å². The van der Waals surface area contributed by atoms with Crippen LogP contribution in [0.2, 0.25) is 0 Å². The zero-order valence-corrected chi connectivity index (χ0v) is 40.2. The van der Waals surface area contributed by atoms with Crippen molar-refractivity contribution in [3.63, 3.8) is 0 Å². The van der Waals surface area contributed by atoms with Crippen molar-refractivity contribution >= 4 is 69.3 Å². The van der Waals surface area contributed by atoms with Crippen LogP contribution in [0.4, 0.5) is 0 Å². The molecule has 0 amide bonds. The molecule has 12 nitrogen and oxygen atoms in total. The van der Waals surface area contributed by atoms with E-state index in [4.69, 9.17) is 19.6 Å². The molecule has 0 fully saturated rings. The second-order valence-electron chi connectivity index (χ2n) is 15.7. The SMILES string of the molecule is CCOC(=O)c1ccc(-c2ccccc2Cn2c(C)c(C)c3cc(C(=O)O)ccc32)cc1.CCOC(=O)c1ccc(O[B]O)cc1.Cc1c(C)n(Cc2ccccc2Br)c2ccc(C(=O)O)cc12. The summed E-state index contributed by atoms with van der Waals surface area (Å²) in [7, 11) is 0.583. The molecule has 68 heavy (non-hydrogen) atoms. The molecule has 1 radical (unpaired) electrons. The Morgan fingerprint density at radius 3 is 1.44 bits per heavy atom. The molecule has 8 rings (SSSR count). The number of rotatable bonds is 13. The molecule has 6 aromatic carbocycles. The first kappa shape index (κ1) is 50.0. The molecule has 2 aromatic heterocycles. The van der Waals surface area contributed by atoms with Crippen LogP contribution < -0.4 is 4.65 Å². The van der Waals surface area contributed by atoms with Crippen molar-refractivity contribution in [1.82, 2.24) is 9.13 Å². The average Bonchev–Trinajstić information content (AvgIpc) is 3.72. The standard InChI is InChI=1S/C27H25NO4.C18H16BrNO2.C9H10BO4/c1-4-32-27(31)20-11-9-19(10-12-20)23-8-6-5-7-22(23)16-28-18(3)17(2)24-15-21(26(29)30)13-14-25(24)28;1-11-12(2)20(10-14-5-3-4-6-16(14)19)17-8-7-13(18(21)22)9-15(11)17;1-2-13-9(11)7-3-5-8(6-4-7)14-10-12/h5-15H,4,16H2,1-3H3,(H,29,30);3-9H,10H2,1-2H3,(H,21,22);3-6,12H,2H2,1H3. The third kappa shape index (κ3) is 11.6. The van der Waals surface area contributed by atoms with Gasteiger partial charge in [0.15, 0.2) is 0 Å². The van der Waals surface area contributed by atoms with E-state index >= 15 is 0 Å². The highest BCUT2D eigenvalue weighted by atomic mass is 79.9. The van der Waals surface area contributed by atoms with E-state index in [0.717, 1.165) is 72.0 Å². The fraction of sp³-hybridized carbons (Fsp3) is 0.185. The first-order valence-electron chi connectivity index (χ1n) is 21.8. The molecule has 0 aliphatic heterocycles. The molecule has 0 saturated carbocycles. The van der Waals surface area contributed by atoms with Crippen LogP contribution in [-0.4, -0.2) is 69.1 Å². The number of fused-ring (bicyclic) bond motifs is 2. The van der Waals surface area contributed by atoms with Crippen LogP contribution in [0, 0.1) is 27.7 Å². The molecule has 2 heterocycles. The smallest absolute Gasteiger partial charge is 0.537 e. The number of ether oxygens (including phenoxy) is 2. The van der Waals surface area contributed by atoms with Crippen molar-refractivity contribution in [2.45, 2.75) is 54.6 Å². The highest BCUT2D eigenvalue weighted by molar-refractivity contribution is 9.10. The number of halogens is 1. The Morgan fingerprint density at radius 2 is 0.985 bits per heavy atom. The minimum atomic E-state index is -0.923. The third-order valence-electron chi connectivity index (χ3n) is 11.7. The second kappa shape index (κ2) is 22.9. The molecule has 0 bridgehead atoms. The summed E-state index contributed by atoms with van der Waals surface area (Å²) in [6.07, 6.45) is 0. The van der Waals surface area contributed by atoms with Crippen LogP contribution in [0.15, 0.2) is 138 Å². The lowest BCUT2D eigenvalue weighted by molar-refractivity contribution is 0.0516. The summed E-state index contributed by atoms with van der Waals surface area (Å²) >= 11 is 3.59. The summed E-state index contributed by atoms with van der Waals surface area (Å²) in [5.74, 6) is -2.05. The molecular weight excluding hydrogens is 927 g/mol. The Labute approximate surface area is 403 Å². The molecule has 0 aliphatic rings. The highest BCUT2D eigenvalue weighted by Gasteiger charge is 2.17. The number of aromatic nitrogens is 2. The van der Waals surface area contributed by atoms with Gasteiger partial charge in [0, 0.05) is 50.8 Å². The fourth-order valence-corrected chi connectivity index (χ4v) is 8.24. The number of benzene rings is 6. The van der Waals surface area contributed by atoms with Crippen LogP contribution in [0.5, 0.6) is 5.75 Å². The number of carbonyl (C=O) groups excluding carboxylic acids is 2. The van der Waals surface area contributed by atoms with E-state index in [0.29, 0.717) is 55.4 Å². The maximum absolute atomic E-state index is 12.0. The molecule has 0 unspecified atom stereocenters. The Hall–Kier alpha value is -7.42. The Kier molecular flexibility index (Phi) is 16.8. The molecule has 8 aromatic rings. The first-order valence-corrected chi connectivity index (χ1v) is 22.6. The van der Waals surface area contributed by atoms with Gasteiger partial charge >= 0.3 is 31.6 Å². The summed E-state index contributed by atoms with van der Waals surface area (Å²) < 4.78 is 20.1. The van der Waals surface area contributed by atoms with E-state index in [-0.39, 0.29) is 11.9 Å². The third-order valence-corrected chi connectivity index (χ3v) is 12.4. The maximum atomic E-state index is 12.0. The largest absolute Gasteiger partial charge is 0.569 e. The van der Waals surface area contributed by atoms with E-state index < -0.39 is 11.9 Å². The number of nitrogens with zero attached hydrogens (tertiary/aromatic N) is 2. The topological polar surface area (TPSA) is 167 Å². The van der Waals surface area contributed by atoms with Gasteiger partial charge in [-0.25, -0.2) is 19.2 Å². The molecular formula is C54H51BBrN2O10. The summed E-state index contributed by atoms with van der Waals surface area (Å²) in [5, 5.41) is 28.8. The molecule has 14 heteroatoms. The highest BCUT2D eigenvalue weighted by Crippen LogP contribution is 2.32. The van der Waals surface area contributed by atoms with Crippen molar-refractivity contribution in [3.8, 4) is 16.9 Å². The zero-order valence-electron chi connectivity index (χ0n) is 38.6. The van der Waals surface area contributed by atoms with Crippen LogP contribution in [0.3, 0.4) is 0 Å². The Bertz CT molecular complexity index is 3100. The predicted molar refractivity (Wildman–Crippen MR) is 268 cm³/mol. The van der Waals surface area contributed by atoms with Crippen molar-refractivity contribution < 1.29 is 48.5 Å². The number of hydrogen-bond acceptors (Lipinski definition) is 8. The average molecular weight is 979 g/mol. The lowest BCUT2D eigenvalue weighted by Crippen LogP contribution is -2.05. The van der Waals surface area contributed by atoms with Gasteiger partial charge in [-0.15, -0.1) is 0 Å². The van der Waals surface area contributed by atoms with Gasteiger partial charge in [0.1, 0.15) is 5.75 Å². The van der Waals surface area contributed by atoms with E-state index in [9.17, 15) is 24.3 Å². The van der Waals surface area contributed by atoms with Gasteiger partial charge in [0.2, 0.25) is 0 Å². The van der Waals surface area contributed by atoms with Gasteiger partial charge in [-0.3, -0.25) is 0 Å². The summed E-state index contributed by atoms with van der Waals surface area (Å²) in [6.45, 7) is 13.8. The first-order chi connectivity index (χ1) is 32.7. The molecule has 3 N–H and O–H groups in total. The van der Waals surface area contributed by atoms with Crippen LogP contribution in [0.25, 0.3) is 32.9 Å².